The van der Waals surface area contributed by atoms with E-state index in [9.17, 15) is 0 Å². The van der Waals surface area contributed by atoms with E-state index in [1.165, 1.54) is 0 Å². The molecule has 1 aromatic carbocycles. The first-order valence-corrected chi connectivity index (χ1v) is 7.02. The van der Waals surface area contributed by atoms with Gasteiger partial charge < -0.3 is 10.3 Å². The maximum absolute atomic E-state index is 6.27. The zero-order valence-electron chi connectivity index (χ0n) is 10.1. The third-order valence-corrected chi connectivity index (χ3v) is 3.62. The molecule has 1 heterocycles. The molecule has 1 aromatic heterocycles. The monoisotopic (exact) mass is 327 g/mol. The number of nitrogens with two attached hydrogens (primary N) is 1. The first kappa shape index (κ1) is 13.6. The molecule has 0 saturated heterocycles. The topological polar surface area (TPSA) is 43.8 Å². The van der Waals surface area contributed by atoms with Gasteiger partial charge in [0, 0.05) is 28.4 Å². The van der Waals surface area contributed by atoms with Crippen LogP contribution in [-0.4, -0.2) is 9.55 Å². The van der Waals surface area contributed by atoms with Crippen molar-refractivity contribution in [3.63, 3.8) is 0 Å². The zero-order chi connectivity index (χ0) is 13.1. The molecule has 1 unspecified atom stereocenters. The fourth-order valence-corrected chi connectivity index (χ4v) is 2.54. The van der Waals surface area contributed by atoms with Gasteiger partial charge >= 0.3 is 0 Å². The number of halogens is 2. The van der Waals surface area contributed by atoms with Crippen LogP contribution in [0.25, 0.3) is 0 Å². The summed E-state index contributed by atoms with van der Waals surface area (Å²) in [6.45, 7) is 3.04. The summed E-state index contributed by atoms with van der Waals surface area (Å²) < 4.78 is 3.04. The van der Waals surface area contributed by atoms with Crippen LogP contribution in [0.4, 0.5) is 0 Å². The molecule has 0 fully saturated rings. The predicted octanol–water partition coefficient (Wildman–Crippen LogP) is 3.76. The van der Waals surface area contributed by atoms with Crippen molar-refractivity contribution in [3.8, 4) is 0 Å². The molecule has 2 aromatic rings. The SMILES string of the molecule is CCCn1ccnc1C(N)c1cc(Br)ccc1Cl. The minimum absolute atomic E-state index is 0.309. The van der Waals surface area contributed by atoms with Crippen LogP contribution in [0.1, 0.15) is 30.8 Å². The summed E-state index contributed by atoms with van der Waals surface area (Å²) in [6.07, 6.45) is 4.77. The summed E-state index contributed by atoms with van der Waals surface area (Å²) in [5.41, 5.74) is 7.16. The fourth-order valence-electron chi connectivity index (χ4n) is 1.92. The summed E-state index contributed by atoms with van der Waals surface area (Å²) in [5, 5.41) is 0.664. The van der Waals surface area contributed by atoms with Gasteiger partial charge in [-0.25, -0.2) is 4.98 Å². The number of hydrogen-bond donors (Lipinski definition) is 1. The van der Waals surface area contributed by atoms with Gasteiger partial charge in [-0.2, -0.15) is 0 Å². The maximum Gasteiger partial charge on any atom is 0.130 e. The van der Waals surface area contributed by atoms with Gasteiger partial charge in [-0.3, -0.25) is 0 Å². The number of hydrogen-bond acceptors (Lipinski definition) is 2. The van der Waals surface area contributed by atoms with Crippen molar-refractivity contribution in [2.24, 2.45) is 5.73 Å². The van der Waals surface area contributed by atoms with E-state index < -0.39 is 0 Å². The Kier molecular flexibility index (Phi) is 4.43. The minimum Gasteiger partial charge on any atom is -0.333 e. The second kappa shape index (κ2) is 5.87. The Hall–Kier alpha value is -0.840. The van der Waals surface area contributed by atoms with E-state index in [0.29, 0.717) is 5.02 Å². The molecule has 0 amide bonds. The van der Waals surface area contributed by atoms with Crippen molar-refractivity contribution in [2.45, 2.75) is 25.9 Å². The molecule has 96 valence electrons. The summed E-state index contributed by atoms with van der Waals surface area (Å²) >= 11 is 9.64. The molecule has 3 nitrogen and oxygen atoms in total. The number of aryl methyl sites for hydroxylation is 1. The summed E-state index contributed by atoms with van der Waals surface area (Å²) in [4.78, 5) is 4.35. The van der Waals surface area contributed by atoms with Gasteiger partial charge in [0.2, 0.25) is 0 Å². The van der Waals surface area contributed by atoms with E-state index in [-0.39, 0.29) is 6.04 Å². The van der Waals surface area contributed by atoms with Crippen LogP contribution in [0.5, 0.6) is 0 Å². The third kappa shape index (κ3) is 2.76. The average molecular weight is 329 g/mol. The first-order chi connectivity index (χ1) is 8.63. The fraction of sp³-hybridized carbons (Fsp3) is 0.308. The minimum atomic E-state index is -0.309. The summed E-state index contributed by atoms with van der Waals surface area (Å²) in [6, 6.07) is 5.37. The Morgan fingerprint density at radius 2 is 2.28 bits per heavy atom. The number of imidazole rings is 1. The highest BCUT2D eigenvalue weighted by Crippen LogP contribution is 2.28. The molecule has 0 bridgehead atoms. The molecule has 0 saturated carbocycles. The molecule has 2 N–H and O–H groups in total. The van der Waals surface area contributed by atoms with E-state index in [1.54, 1.807) is 6.20 Å². The molecule has 2 rings (SSSR count). The van der Waals surface area contributed by atoms with Gasteiger partial charge in [0.15, 0.2) is 0 Å². The Labute approximate surface area is 120 Å². The molecule has 0 aliphatic rings. The average Bonchev–Trinajstić information content (AvgIpc) is 2.80. The highest BCUT2D eigenvalue weighted by atomic mass is 79.9. The van der Waals surface area contributed by atoms with Gasteiger partial charge in [0.25, 0.3) is 0 Å². The highest BCUT2D eigenvalue weighted by Gasteiger charge is 2.17. The van der Waals surface area contributed by atoms with Crippen molar-refractivity contribution < 1.29 is 0 Å². The third-order valence-electron chi connectivity index (χ3n) is 2.78. The first-order valence-electron chi connectivity index (χ1n) is 5.85. The lowest BCUT2D eigenvalue weighted by Gasteiger charge is -2.15. The smallest absolute Gasteiger partial charge is 0.130 e. The predicted molar refractivity (Wildman–Crippen MR) is 77.7 cm³/mol. The standard InChI is InChI=1S/C13H15BrClN3/c1-2-6-18-7-5-17-13(18)12(16)10-8-9(14)3-4-11(10)15/h3-5,7-8,12H,2,6,16H2,1H3. The second-order valence-electron chi connectivity index (χ2n) is 4.12. The Morgan fingerprint density at radius 1 is 1.50 bits per heavy atom. The lowest BCUT2D eigenvalue weighted by Crippen LogP contribution is -2.18. The molecule has 1 atom stereocenters. The van der Waals surface area contributed by atoms with Gasteiger partial charge in [-0.1, -0.05) is 34.5 Å². The van der Waals surface area contributed by atoms with Crippen molar-refractivity contribution in [1.82, 2.24) is 9.55 Å². The summed E-state index contributed by atoms with van der Waals surface area (Å²) in [5.74, 6) is 0.844. The van der Waals surface area contributed by atoms with Gasteiger partial charge in [-0.15, -0.1) is 0 Å². The molecule has 0 aliphatic heterocycles. The van der Waals surface area contributed by atoms with Crippen molar-refractivity contribution in [1.29, 1.82) is 0 Å². The Morgan fingerprint density at radius 3 is 3.00 bits per heavy atom. The van der Waals surface area contributed by atoms with Crippen LogP contribution >= 0.6 is 27.5 Å². The molecule has 5 heteroatoms. The maximum atomic E-state index is 6.27. The van der Waals surface area contributed by atoms with Gasteiger partial charge in [0.05, 0.1) is 6.04 Å². The quantitative estimate of drug-likeness (QED) is 0.928. The molecule has 0 spiro atoms. The van der Waals surface area contributed by atoms with Crippen LogP contribution in [0.2, 0.25) is 5.02 Å². The van der Waals surface area contributed by atoms with Crippen LogP contribution in [0.15, 0.2) is 35.1 Å². The van der Waals surface area contributed by atoms with Crippen molar-refractivity contribution in [3.05, 3.63) is 51.5 Å². The zero-order valence-corrected chi connectivity index (χ0v) is 12.4. The van der Waals surface area contributed by atoms with E-state index in [4.69, 9.17) is 17.3 Å². The van der Waals surface area contributed by atoms with Crippen LogP contribution in [0, 0.1) is 0 Å². The number of nitrogens with zero attached hydrogens (tertiary/aromatic N) is 2. The van der Waals surface area contributed by atoms with E-state index in [2.05, 4.69) is 32.4 Å². The molecular formula is C13H15BrClN3. The number of rotatable bonds is 4. The van der Waals surface area contributed by atoms with Crippen molar-refractivity contribution >= 4 is 27.5 Å². The normalized spacial score (nSPS) is 12.7. The van der Waals surface area contributed by atoms with Crippen LogP contribution < -0.4 is 5.73 Å². The van der Waals surface area contributed by atoms with Crippen LogP contribution in [0.3, 0.4) is 0 Å². The lowest BCUT2D eigenvalue weighted by molar-refractivity contribution is 0.613. The van der Waals surface area contributed by atoms with E-state index in [0.717, 1.165) is 28.8 Å². The van der Waals surface area contributed by atoms with E-state index >= 15 is 0 Å². The number of aromatic nitrogens is 2. The van der Waals surface area contributed by atoms with Crippen molar-refractivity contribution in [2.75, 3.05) is 0 Å². The molecule has 0 radical (unpaired) electrons. The molecule has 18 heavy (non-hydrogen) atoms. The number of benzene rings is 1. The summed E-state index contributed by atoms with van der Waals surface area (Å²) in [7, 11) is 0. The highest BCUT2D eigenvalue weighted by molar-refractivity contribution is 9.10. The van der Waals surface area contributed by atoms with Crippen LogP contribution in [-0.2, 0) is 6.54 Å². The van der Waals surface area contributed by atoms with Gasteiger partial charge in [-0.05, 0) is 30.2 Å². The van der Waals surface area contributed by atoms with E-state index in [1.807, 2.05) is 24.4 Å². The lowest BCUT2D eigenvalue weighted by atomic mass is 10.1. The van der Waals surface area contributed by atoms with Gasteiger partial charge in [0.1, 0.15) is 5.82 Å². The Balaban J connectivity index is 2.38. The molecular weight excluding hydrogens is 314 g/mol. The second-order valence-corrected chi connectivity index (χ2v) is 5.45. The molecule has 0 aliphatic carbocycles. The Bertz CT molecular complexity index is 539. The largest absolute Gasteiger partial charge is 0.333 e.